The molecule has 3 rings (SSSR count). The fourth-order valence-electron chi connectivity index (χ4n) is 3.21. The lowest BCUT2D eigenvalue weighted by atomic mass is 10.1. The van der Waals surface area contributed by atoms with Gasteiger partial charge in [-0.15, -0.1) is 0 Å². The molecule has 0 bridgehead atoms. The summed E-state index contributed by atoms with van der Waals surface area (Å²) in [6.07, 6.45) is 5.26. The van der Waals surface area contributed by atoms with Gasteiger partial charge in [0.2, 0.25) is 0 Å². The van der Waals surface area contributed by atoms with Crippen molar-refractivity contribution < 1.29 is 9.47 Å². The molecule has 1 N–H and O–H groups in total. The summed E-state index contributed by atoms with van der Waals surface area (Å²) in [7, 11) is 0. The van der Waals surface area contributed by atoms with Gasteiger partial charge in [0.15, 0.2) is 11.5 Å². The third kappa shape index (κ3) is 5.23. The van der Waals surface area contributed by atoms with Gasteiger partial charge in [0.1, 0.15) is 6.61 Å². The van der Waals surface area contributed by atoms with E-state index in [1.54, 1.807) is 0 Å². The van der Waals surface area contributed by atoms with Crippen LogP contribution in [-0.4, -0.2) is 12.6 Å². The van der Waals surface area contributed by atoms with Crippen LogP contribution in [0.1, 0.15) is 43.7 Å². The van der Waals surface area contributed by atoms with Gasteiger partial charge in [-0.3, -0.25) is 0 Å². The Hall–Kier alpha value is -1.52. The highest BCUT2D eigenvalue weighted by molar-refractivity contribution is 9.10. The Balaban J connectivity index is 1.69. The van der Waals surface area contributed by atoms with E-state index in [0.717, 1.165) is 28.1 Å². The molecule has 134 valence electrons. The van der Waals surface area contributed by atoms with E-state index in [0.29, 0.717) is 19.3 Å². The minimum absolute atomic E-state index is 0.535. The van der Waals surface area contributed by atoms with Gasteiger partial charge in [-0.25, -0.2) is 0 Å². The first-order valence-corrected chi connectivity index (χ1v) is 9.91. The van der Waals surface area contributed by atoms with Gasteiger partial charge in [0.25, 0.3) is 0 Å². The average molecular weight is 404 g/mol. The summed E-state index contributed by atoms with van der Waals surface area (Å²) < 4.78 is 12.9. The van der Waals surface area contributed by atoms with Crippen molar-refractivity contribution in [1.29, 1.82) is 0 Å². The minimum atomic E-state index is 0.535. The summed E-state index contributed by atoms with van der Waals surface area (Å²) in [6.45, 7) is 4.01. The number of halogens is 1. The van der Waals surface area contributed by atoms with E-state index in [-0.39, 0.29) is 0 Å². The first-order chi connectivity index (χ1) is 12.3. The van der Waals surface area contributed by atoms with E-state index < -0.39 is 0 Å². The molecule has 0 saturated heterocycles. The number of hydrogen-bond donors (Lipinski definition) is 1. The van der Waals surface area contributed by atoms with E-state index in [1.807, 2.05) is 31.2 Å². The van der Waals surface area contributed by atoms with Gasteiger partial charge in [0.05, 0.1) is 6.61 Å². The largest absolute Gasteiger partial charge is 0.490 e. The molecule has 2 aromatic carbocycles. The molecule has 0 amide bonds. The van der Waals surface area contributed by atoms with Gasteiger partial charge in [-0.05, 0) is 43.0 Å². The SMILES string of the molecule is CCOc1cc(CNC2CCCC2)c(Br)cc1OCc1ccccc1. The van der Waals surface area contributed by atoms with Crippen molar-refractivity contribution in [2.75, 3.05) is 6.61 Å². The lowest BCUT2D eigenvalue weighted by Crippen LogP contribution is -2.25. The van der Waals surface area contributed by atoms with Gasteiger partial charge in [0, 0.05) is 17.1 Å². The van der Waals surface area contributed by atoms with Crippen LogP contribution in [0.2, 0.25) is 0 Å². The van der Waals surface area contributed by atoms with E-state index in [2.05, 4.69) is 39.4 Å². The second-order valence-corrected chi connectivity index (χ2v) is 7.31. The van der Waals surface area contributed by atoms with E-state index in [9.17, 15) is 0 Å². The first-order valence-electron chi connectivity index (χ1n) is 9.11. The zero-order valence-electron chi connectivity index (χ0n) is 14.8. The molecule has 0 atom stereocenters. The molecule has 0 aliphatic heterocycles. The number of benzene rings is 2. The third-order valence-corrected chi connectivity index (χ3v) is 5.32. The molecule has 0 unspecified atom stereocenters. The Morgan fingerprint density at radius 1 is 1.04 bits per heavy atom. The van der Waals surface area contributed by atoms with Crippen LogP contribution < -0.4 is 14.8 Å². The summed E-state index contributed by atoms with van der Waals surface area (Å²) in [5, 5.41) is 3.66. The Morgan fingerprint density at radius 3 is 2.48 bits per heavy atom. The summed E-state index contributed by atoms with van der Waals surface area (Å²) >= 11 is 3.69. The monoisotopic (exact) mass is 403 g/mol. The molecular weight excluding hydrogens is 378 g/mol. The zero-order valence-corrected chi connectivity index (χ0v) is 16.3. The smallest absolute Gasteiger partial charge is 0.162 e. The zero-order chi connectivity index (χ0) is 17.5. The lowest BCUT2D eigenvalue weighted by Gasteiger charge is -2.17. The molecule has 0 spiro atoms. The quantitative estimate of drug-likeness (QED) is 0.634. The van der Waals surface area contributed by atoms with Crippen molar-refractivity contribution in [3.05, 3.63) is 58.1 Å². The van der Waals surface area contributed by atoms with Crippen LogP contribution in [0.3, 0.4) is 0 Å². The van der Waals surface area contributed by atoms with Crippen molar-refractivity contribution in [1.82, 2.24) is 5.32 Å². The Morgan fingerprint density at radius 2 is 1.76 bits per heavy atom. The van der Waals surface area contributed by atoms with Crippen molar-refractivity contribution >= 4 is 15.9 Å². The molecule has 4 heteroatoms. The highest BCUT2D eigenvalue weighted by Gasteiger charge is 2.16. The molecule has 0 heterocycles. The Bertz CT molecular complexity index is 669. The molecule has 1 aliphatic carbocycles. The fraction of sp³-hybridized carbons (Fsp3) is 0.429. The molecule has 0 radical (unpaired) electrons. The van der Waals surface area contributed by atoms with Crippen molar-refractivity contribution in [2.24, 2.45) is 0 Å². The number of nitrogens with one attached hydrogen (secondary N) is 1. The topological polar surface area (TPSA) is 30.5 Å². The number of hydrogen-bond acceptors (Lipinski definition) is 3. The summed E-state index contributed by atoms with van der Waals surface area (Å²) in [6, 6.07) is 15.0. The van der Waals surface area contributed by atoms with Crippen LogP contribution in [0, 0.1) is 0 Å². The van der Waals surface area contributed by atoms with Crippen LogP contribution in [0.5, 0.6) is 11.5 Å². The van der Waals surface area contributed by atoms with E-state index >= 15 is 0 Å². The van der Waals surface area contributed by atoms with Crippen molar-refractivity contribution in [2.45, 2.75) is 51.8 Å². The predicted octanol–water partition coefficient (Wildman–Crippen LogP) is 5.46. The van der Waals surface area contributed by atoms with Crippen LogP contribution in [-0.2, 0) is 13.2 Å². The van der Waals surface area contributed by atoms with Crippen LogP contribution >= 0.6 is 15.9 Å². The molecular formula is C21H26BrNO2. The minimum Gasteiger partial charge on any atom is -0.490 e. The average Bonchev–Trinajstić information content (AvgIpc) is 3.15. The Kier molecular flexibility index (Phi) is 6.76. The van der Waals surface area contributed by atoms with Gasteiger partial charge in [-0.2, -0.15) is 0 Å². The number of rotatable bonds is 8. The first kappa shape index (κ1) is 18.3. The summed E-state index contributed by atoms with van der Waals surface area (Å²) in [4.78, 5) is 0. The maximum Gasteiger partial charge on any atom is 0.162 e. The van der Waals surface area contributed by atoms with Crippen LogP contribution in [0.25, 0.3) is 0 Å². The van der Waals surface area contributed by atoms with E-state index in [1.165, 1.54) is 31.2 Å². The number of ether oxygens (including phenoxy) is 2. The highest BCUT2D eigenvalue weighted by Crippen LogP contribution is 2.34. The molecule has 1 aliphatic rings. The summed E-state index contributed by atoms with van der Waals surface area (Å²) in [5.41, 5.74) is 2.36. The molecule has 25 heavy (non-hydrogen) atoms. The van der Waals surface area contributed by atoms with Crippen LogP contribution in [0.15, 0.2) is 46.9 Å². The second-order valence-electron chi connectivity index (χ2n) is 6.46. The van der Waals surface area contributed by atoms with Crippen molar-refractivity contribution in [3.8, 4) is 11.5 Å². The molecule has 2 aromatic rings. The van der Waals surface area contributed by atoms with E-state index in [4.69, 9.17) is 9.47 Å². The molecule has 1 fully saturated rings. The molecule has 1 saturated carbocycles. The molecule has 0 aromatic heterocycles. The maximum absolute atomic E-state index is 6.01. The highest BCUT2D eigenvalue weighted by atomic mass is 79.9. The van der Waals surface area contributed by atoms with Gasteiger partial charge < -0.3 is 14.8 Å². The van der Waals surface area contributed by atoms with Gasteiger partial charge in [-0.1, -0.05) is 59.1 Å². The summed E-state index contributed by atoms with van der Waals surface area (Å²) in [5.74, 6) is 1.59. The van der Waals surface area contributed by atoms with Crippen molar-refractivity contribution in [3.63, 3.8) is 0 Å². The van der Waals surface area contributed by atoms with Crippen LogP contribution in [0.4, 0.5) is 0 Å². The normalized spacial score (nSPS) is 14.6. The predicted molar refractivity (Wildman–Crippen MR) is 105 cm³/mol. The standard InChI is InChI=1S/C21H26BrNO2/c1-2-24-20-12-17(14-23-18-10-6-7-11-18)19(22)13-21(20)25-15-16-8-4-3-5-9-16/h3-5,8-9,12-13,18,23H,2,6-7,10-11,14-15H2,1H3. The maximum atomic E-state index is 6.01. The third-order valence-electron chi connectivity index (χ3n) is 4.59. The fourth-order valence-corrected chi connectivity index (χ4v) is 3.68. The molecule has 3 nitrogen and oxygen atoms in total. The van der Waals surface area contributed by atoms with Gasteiger partial charge >= 0.3 is 0 Å². The lowest BCUT2D eigenvalue weighted by molar-refractivity contribution is 0.268. The Labute approximate surface area is 158 Å². The second kappa shape index (κ2) is 9.25.